The summed E-state index contributed by atoms with van der Waals surface area (Å²) in [5, 5.41) is 3.14. The molecule has 4 nitrogen and oxygen atoms in total. The summed E-state index contributed by atoms with van der Waals surface area (Å²) in [6.45, 7) is 1.42. The predicted octanol–water partition coefficient (Wildman–Crippen LogP) is 0.849. The standard InChI is InChI=1S/C12H19NO3/c14-12(8-1-2-8)13-9-3-4-10-11(7-9)16-6-5-15-10/h8-11H,1-7H2,(H,13,14)/t9-,10-,11-/m1/s1. The van der Waals surface area contributed by atoms with Crippen LogP contribution in [0.3, 0.4) is 0 Å². The van der Waals surface area contributed by atoms with E-state index < -0.39 is 0 Å². The fourth-order valence-electron chi connectivity index (χ4n) is 2.66. The Labute approximate surface area is 95.7 Å². The van der Waals surface area contributed by atoms with Crippen LogP contribution in [0.1, 0.15) is 32.1 Å². The highest BCUT2D eigenvalue weighted by molar-refractivity contribution is 5.81. The van der Waals surface area contributed by atoms with E-state index in [2.05, 4.69) is 5.32 Å². The molecule has 2 aliphatic carbocycles. The highest BCUT2D eigenvalue weighted by Crippen LogP contribution is 2.31. The number of rotatable bonds is 2. The van der Waals surface area contributed by atoms with Gasteiger partial charge in [-0.3, -0.25) is 4.79 Å². The van der Waals surface area contributed by atoms with E-state index in [1.807, 2.05) is 0 Å². The third-order valence-corrected chi connectivity index (χ3v) is 3.77. The smallest absolute Gasteiger partial charge is 0.223 e. The molecule has 0 aromatic carbocycles. The van der Waals surface area contributed by atoms with Crippen molar-refractivity contribution in [2.75, 3.05) is 13.2 Å². The van der Waals surface area contributed by atoms with Gasteiger partial charge in [0.2, 0.25) is 5.91 Å². The molecule has 0 unspecified atom stereocenters. The maximum Gasteiger partial charge on any atom is 0.223 e. The zero-order valence-electron chi connectivity index (χ0n) is 9.48. The van der Waals surface area contributed by atoms with Crippen molar-refractivity contribution < 1.29 is 14.3 Å². The van der Waals surface area contributed by atoms with E-state index >= 15 is 0 Å². The van der Waals surface area contributed by atoms with Crippen LogP contribution < -0.4 is 5.32 Å². The second-order valence-corrected chi connectivity index (χ2v) is 5.11. The first kappa shape index (κ1) is 10.5. The van der Waals surface area contributed by atoms with Crippen molar-refractivity contribution >= 4 is 5.91 Å². The maximum absolute atomic E-state index is 11.7. The summed E-state index contributed by atoms with van der Waals surface area (Å²) >= 11 is 0. The Balaban J connectivity index is 1.51. The molecule has 1 amide bonds. The van der Waals surface area contributed by atoms with Gasteiger partial charge in [0.05, 0.1) is 25.4 Å². The van der Waals surface area contributed by atoms with Crippen molar-refractivity contribution in [1.29, 1.82) is 0 Å². The summed E-state index contributed by atoms with van der Waals surface area (Å²) in [6.07, 6.45) is 5.58. The summed E-state index contributed by atoms with van der Waals surface area (Å²) in [7, 11) is 0. The summed E-state index contributed by atoms with van der Waals surface area (Å²) in [6, 6.07) is 0.302. The van der Waals surface area contributed by atoms with E-state index in [4.69, 9.17) is 9.47 Å². The molecule has 3 rings (SSSR count). The van der Waals surface area contributed by atoms with E-state index in [0.717, 1.165) is 38.7 Å². The number of amides is 1. The van der Waals surface area contributed by atoms with Crippen LogP contribution in [0, 0.1) is 5.92 Å². The molecule has 1 saturated heterocycles. The number of ether oxygens (including phenoxy) is 2. The molecule has 0 bridgehead atoms. The monoisotopic (exact) mass is 225 g/mol. The molecule has 3 atom stereocenters. The van der Waals surface area contributed by atoms with Gasteiger partial charge in [0.1, 0.15) is 0 Å². The van der Waals surface area contributed by atoms with Gasteiger partial charge in [-0.05, 0) is 32.1 Å². The lowest BCUT2D eigenvalue weighted by molar-refractivity contribution is -0.158. The van der Waals surface area contributed by atoms with Crippen LogP contribution in [0.4, 0.5) is 0 Å². The number of carbonyl (C=O) groups excluding carboxylic acids is 1. The summed E-state index contributed by atoms with van der Waals surface area (Å²) in [5.74, 6) is 0.557. The molecule has 1 aliphatic heterocycles. The second-order valence-electron chi connectivity index (χ2n) is 5.11. The van der Waals surface area contributed by atoms with E-state index in [1.54, 1.807) is 0 Å². The average molecular weight is 225 g/mol. The molecule has 2 saturated carbocycles. The highest BCUT2D eigenvalue weighted by Gasteiger charge is 2.37. The predicted molar refractivity (Wildman–Crippen MR) is 58.0 cm³/mol. The average Bonchev–Trinajstić information content (AvgIpc) is 3.12. The Hall–Kier alpha value is -0.610. The number of carbonyl (C=O) groups is 1. The first-order valence-corrected chi connectivity index (χ1v) is 6.36. The molecule has 3 fully saturated rings. The Kier molecular flexibility index (Phi) is 2.86. The van der Waals surface area contributed by atoms with Crippen LogP contribution in [0.25, 0.3) is 0 Å². The zero-order chi connectivity index (χ0) is 11.0. The Morgan fingerprint density at radius 1 is 1.00 bits per heavy atom. The minimum atomic E-state index is 0.201. The van der Waals surface area contributed by atoms with Crippen LogP contribution in [0.5, 0.6) is 0 Å². The number of fused-ring (bicyclic) bond motifs is 1. The van der Waals surface area contributed by atoms with E-state index in [9.17, 15) is 4.79 Å². The van der Waals surface area contributed by atoms with Gasteiger partial charge in [-0.25, -0.2) is 0 Å². The lowest BCUT2D eigenvalue weighted by Gasteiger charge is -2.39. The highest BCUT2D eigenvalue weighted by atomic mass is 16.6. The third-order valence-electron chi connectivity index (χ3n) is 3.77. The Morgan fingerprint density at radius 2 is 1.75 bits per heavy atom. The molecule has 16 heavy (non-hydrogen) atoms. The molecule has 0 spiro atoms. The molecule has 3 aliphatic rings. The second kappa shape index (κ2) is 4.34. The van der Waals surface area contributed by atoms with Crippen molar-refractivity contribution in [2.24, 2.45) is 5.92 Å². The Morgan fingerprint density at radius 3 is 2.50 bits per heavy atom. The van der Waals surface area contributed by atoms with Gasteiger partial charge in [0.15, 0.2) is 0 Å². The number of hydrogen-bond donors (Lipinski definition) is 1. The molecular formula is C12H19NO3. The van der Waals surface area contributed by atoms with Crippen LogP contribution in [0.15, 0.2) is 0 Å². The summed E-state index contributed by atoms with van der Waals surface area (Å²) < 4.78 is 11.4. The quantitative estimate of drug-likeness (QED) is 0.758. The number of nitrogens with one attached hydrogen (secondary N) is 1. The van der Waals surface area contributed by atoms with Gasteiger partial charge >= 0.3 is 0 Å². The first-order valence-electron chi connectivity index (χ1n) is 6.36. The normalized spacial score (nSPS) is 38.9. The topological polar surface area (TPSA) is 47.6 Å². The van der Waals surface area contributed by atoms with Gasteiger partial charge in [0, 0.05) is 12.0 Å². The molecule has 1 heterocycles. The van der Waals surface area contributed by atoms with Crippen LogP contribution in [-0.2, 0) is 14.3 Å². The first-order chi connectivity index (χ1) is 7.83. The van der Waals surface area contributed by atoms with Crippen LogP contribution in [0.2, 0.25) is 0 Å². The van der Waals surface area contributed by atoms with Gasteiger partial charge < -0.3 is 14.8 Å². The van der Waals surface area contributed by atoms with Gasteiger partial charge in [-0.2, -0.15) is 0 Å². The van der Waals surface area contributed by atoms with Gasteiger partial charge in [-0.1, -0.05) is 0 Å². The van der Waals surface area contributed by atoms with Crippen molar-refractivity contribution in [3.05, 3.63) is 0 Å². The molecule has 90 valence electrons. The molecule has 0 radical (unpaired) electrons. The fraction of sp³-hybridized carbons (Fsp3) is 0.917. The molecule has 0 aromatic rings. The van der Waals surface area contributed by atoms with Crippen molar-refractivity contribution in [3.63, 3.8) is 0 Å². The molecular weight excluding hydrogens is 206 g/mol. The largest absolute Gasteiger partial charge is 0.373 e. The third kappa shape index (κ3) is 2.23. The van der Waals surface area contributed by atoms with Crippen molar-refractivity contribution in [2.45, 2.75) is 50.4 Å². The van der Waals surface area contributed by atoms with Crippen LogP contribution >= 0.6 is 0 Å². The lowest BCUT2D eigenvalue weighted by Crippen LogP contribution is -2.49. The minimum Gasteiger partial charge on any atom is -0.373 e. The number of hydrogen-bond acceptors (Lipinski definition) is 3. The summed E-state index contributed by atoms with van der Waals surface area (Å²) in [4.78, 5) is 11.7. The fourth-order valence-corrected chi connectivity index (χ4v) is 2.66. The van der Waals surface area contributed by atoms with E-state index in [0.29, 0.717) is 18.6 Å². The van der Waals surface area contributed by atoms with Crippen LogP contribution in [-0.4, -0.2) is 37.4 Å². The van der Waals surface area contributed by atoms with Gasteiger partial charge in [0.25, 0.3) is 0 Å². The van der Waals surface area contributed by atoms with Gasteiger partial charge in [-0.15, -0.1) is 0 Å². The zero-order valence-corrected chi connectivity index (χ0v) is 9.48. The van der Waals surface area contributed by atoms with Crippen molar-refractivity contribution in [1.82, 2.24) is 5.32 Å². The molecule has 4 heteroatoms. The lowest BCUT2D eigenvalue weighted by atomic mass is 9.89. The summed E-state index contributed by atoms with van der Waals surface area (Å²) in [5.41, 5.74) is 0. The van der Waals surface area contributed by atoms with E-state index in [1.165, 1.54) is 0 Å². The SMILES string of the molecule is O=C(N[C@@H]1CC[C@H]2OCCO[C@@H]2C1)C1CC1. The Bertz CT molecular complexity index is 277. The maximum atomic E-state index is 11.7. The van der Waals surface area contributed by atoms with E-state index in [-0.39, 0.29) is 18.1 Å². The minimum absolute atomic E-state index is 0.201. The van der Waals surface area contributed by atoms with Crippen molar-refractivity contribution in [3.8, 4) is 0 Å². The molecule has 0 aromatic heterocycles. The molecule has 1 N–H and O–H groups in total.